The standard InChI is InChI=1S/C18H22ClF4N3O4.ClH/c19-13-4-3-12(8-14(13)20)29-10-16(27)26-11-2-5-15(25-9-11)17(28)24-6-1-7-30-18(21,22)23;/h3-4,8,11,15,25H,1-2,5-7,9-10H2,(H,24,28)(H,26,27);1H/t11-,15+;/m0./s1. The zero-order valence-electron chi connectivity index (χ0n) is 16.3. The molecule has 0 saturated carbocycles. The molecular weight excluding hydrogens is 469 g/mol. The summed E-state index contributed by atoms with van der Waals surface area (Å²) in [6.07, 6.45) is -3.67. The van der Waals surface area contributed by atoms with Crippen LogP contribution in [-0.4, -0.2) is 56.6 Å². The molecule has 0 bridgehead atoms. The van der Waals surface area contributed by atoms with Crippen molar-refractivity contribution >= 4 is 35.8 Å². The van der Waals surface area contributed by atoms with E-state index in [0.29, 0.717) is 19.4 Å². The SMILES string of the molecule is Cl.O=C(COc1ccc(Cl)c(F)c1)N[C@H]1CC[C@H](C(=O)NCCCOC(F)(F)F)NC1. The van der Waals surface area contributed by atoms with Crippen LogP contribution in [0.2, 0.25) is 5.02 Å². The molecule has 1 aliphatic rings. The molecule has 1 aromatic rings. The summed E-state index contributed by atoms with van der Waals surface area (Å²) in [5, 5.41) is 8.23. The highest BCUT2D eigenvalue weighted by molar-refractivity contribution is 6.30. The summed E-state index contributed by atoms with van der Waals surface area (Å²) in [5.74, 6) is -1.20. The quantitative estimate of drug-likeness (QED) is 0.365. The van der Waals surface area contributed by atoms with Crippen molar-refractivity contribution < 1.29 is 36.6 Å². The maximum Gasteiger partial charge on any atom is 0.522 e. The summed E-state index contributed by atoms with van der Waals surface area (Å²) in [7, 11) is 0. The largest absolute Gasteiger partial charge is 0.522 e. The maximum atomic E-state index is 13.3. The second-order valence-electron chi connectivity index (χ2n) is 6.61. The molecule has 1 aliphatic heterocycles. The zero-order valence-corrected chi connectivity index (χ0v) is 17.8. The first-order valence-corrected chi connectivity index (χ1v) is 9.61. The van der Waals surface area contributed by atoms with Crippen molar-refractivity contribution in [2.24, 2.45) is 0 Å². The third-order valence-corrected chi connectivity index (χ3v) is 4.55. The molecule has 0 radical (unpaired) electrons. The predicted octanol–water partition coefficient (Wildman–Crippen LogP) is 2.56. The Morgan fingerprint density at radius 1 is 1.26 bits per heavy atom. The molecule has 0 spiro atoms. The lowest BCUT2D eigenvalue weighted by Gasteiger charge is -2.29. The lowest BCUT2D eigenvalue weighted by atomic mass is 10.00. The topological polar surface area (TPSA) is 88.7 Å². The van der Waals surface area contributed by atoms with Crippen molar-refractivity contribution in [2.45, 2.75) is 37.7 Å². The molecule has 31 heavy (non-hydrogen) atoms. The summed E-state index contributed by atoms with van der Waals surface area (Å²) in [4.78, 5) is 24.0. The minimum atomic E-state index is -4.68. The Morgan fingerprint density at radius 2 is 2.00 bits per heavy atom. The fourth-order valence-electron chi connectivity index (χ4n) is 2.78. The highest BCUT2D eigenvalue weighted by Crippen LogP contribution is 2.20. The van der Waals surface area contributed by atoms with Gasteiger partial charge in [0.2, 0.25) is 5.91 Å². The minimum absolute atomic E-state index is 0. The van der Waals surface area contributed by atoms with E-state index in [1.54, 1.807) is 0 Å². The average molecular weight is 492 g/mol. The Morgan fingerprint density at radius 3 is 2.61 bits per heavy atom. The van der Waals surface area contributed by atoms with E-state index < -0.39 is 30.7 Å². The Balaban J connectivity index is 0.00000480. The number of benzene rings is 1. The predicted molar refractivity (Wildman–Crippen MR) is 107 cm³/mol. The first kappa shape index (κ1) is 27.2. The molecule has 2 amide bonds. The Kier molecular flexibility index (Phi) is 11.3. The molecule has 3 N–H and O–H groups in total. The molecule has 1 fully saturated rings. The third kappa shape index (κ3) is 10.4. The summed E-state index contributed by atoms with van der Waals surface area (Å²) >= 11 is 5.57. The number of halogens is 6. The number of nitrogens with one attached hydrogen (secondary N) is 3. The van der Waals surface area contributed by atoms with Gasteiger partial charge in [-0.25, -0.2) is 4.39 Å². The van der Waals surface area contributed by atoms with E-state index in [1.807, 2.05) is 0 Å². The first-order valence-electron chi connectivity index (χ1n) is 9.23. The number of carbonyl (C=O) groups excluding carboxylic acids is 2. The van der Waals surface area contributed by atoms with Crippen molar-refractivity contribution in [3.05, 3.63) is 29.0 Å². The highest BCUT2D eigenvalue weighted by Gasteiger charge is 2.29. The van der Waals surface area contributed by atoms with E-state index in [2.05, 4.69) is 20.7 Å². The van der Waals surface area contributed by atoms with Crippen LogP contribution >= 0.6 is 24.0 Å². The van der Waals surface area contributed by atoms with Crippen molar-refractivity contribution in [2.75, 3.05) is 26.3 Å². The molecule has 0 unspecified atom stereocenters. The fourth-order valence-corrected chi connectivity index (χ4v) is 2.90. The van der Waals surface area contributed by atoms with Crippen LogP contribution in [0.1, 0.15) is 19.3 Å². The van der Waals surface area contributed by atoms with Gasteiger partial charge in [0.1, 0.15) is 11.6 Å². The van der Waals surface area contributed by atoms with E-state index in [-0.39, 0.29) is 54.7 Å². The molecule has 0 aromatic heterocycles. The monoisotopic (exact) mass is 491 g/mol. The number of hydrogen-bond donors (Lipinski definition) is 3. The number of carbonyl (C=O) groups is 2. The Bertz CT molecular complexity index is 732. The summed E-state index contributed by atoms with van der Waals surface area (Å²) in [5.41, 5.74) is 0. The lowest BCUT2D eigenvalue weighted by molar-refractivity contribution is -0.324. The normalized spacial score (nSPS) is 18.6. The minimum Gasteiger partial charge on any atom is -0.484 e. The molecule has 1 aromatic carbocycles. The lowest BCUT2D eigenvalue weighted by Crippen LogP contribution is -2.55. The van der Waals surface area contributed by atoms with Gasteiger partial charge >= 0.3 is 6.36 Å². The first-order chi connectivity index (χ1) is 14.1. The summed E-state index contributed by atoms with van der Waals surface area (Å²) in [6, 6.07) is 3.14. The molecular formula is C18H23Cl2F4N3O4. The van der Waals surface area contributed by atoms with E-state index in [0.717, 1.165) is 6.07 Å². The smallest absolute Gasteiger partial charge is 0.484 e. The molecule has 7 nitrogen and oxygen atoms in total. The number of hydrogen-bond acceptors (Lipinski definition) is 5. The molecule has 2 rings (SSSR count). The van der Waals surface area contributed by atoms with Gasteiger partial charge in [-0.05, 0) is 31.4 Å². The second kappa shape index (κ2) is 12.9. The van der Waals surface area contributed by atoms with Gasteiger partial charge in [-0.3, -0.25) is 14.3 Å². The molecule has 13 heteroatoms. The number of alkyl halides is 3. The Hall–Kier alpha value is -1.82. The molecule has 2 atom stereocenters. The van der Waals surface area contributed by atoms with Crippen molar-refractivity contribution in [1.82, 2.24) is 16.0 Å². The van der Waals surface area contributed by atoms with Gasteiger partial charge in [-0.1, -0.05) is 11.6 Å². The number of piperidine rings is 1. The Labute approximate surface area is 187 Å². The van der Waals surface area contributed by atoms with Gasteiger partial charge in [-0.15, -0.1) is 25.6 Å². The fraction of sp³-hybridized carbons (Fsp3) is 0.556. The van der Waals surface area contributed by atoms with E-state index in [9.17, 15) is 27.2 Å². The average Bonchev–Trinajstić information content (AvgIpc) is 2.68. The van der Waals surface area contributed by atoms with Gasteiger partial charge in [0, 0.05) is 25.2 Å². The number of amides is 2. The van der Waals surface area contributed by atoms with Crippen LogP contribution < -0.4 is 20.7 Å². The molecule has 176 valence electrons. The van der Waals surface area contributed by atoms with E-state index in [1.165, 1.54) is 12.1 Å². The van der Waals surface area contributed by atoms with Gasteiger partial charge in [-0.2, -0.15) is 0 Å². The molecule has 0 aliphatic carbocycles. The van der Waals surface area contributed by atoms with Crippen molar-refractivity contribution in [3.8, 4) is 5.75 Å². The molecule has 1 saturated heterocycles. The van der Waals surface area contributed by atoms with Crippen LogP contribution in [0, 0.1) is 5.82 Å². The van der Waals surface area contributed by atoms with Gasteiger partial charge in [0.25, 0.3) is 5.91 Å². The van der Waals surface area contributed by atoms with Crippen LogP contribution in [0.25, 0.3) is 0 Å². The number of rotatable bonds is 9. The van der Waals surface area contributed by atoms with Crippen LogP contribution in [0.3, 0.4) is 0 Å². The van der Waals surface area contributed by atoms with Gasteiger partial charge < -0.3 is 20.7 Å². The van der Waals surface area contributed by atoms with Crippen LogP contribution in [0.15, 0.2) is 18.2 Å². The van der Waals surface area contributed by atoms with Crippen LogP contribution in [-0.2, 0) is 14.3 Å². The van der Waals surface area contributed by atoms with Crippen molar-refractivity contribution in [1.29, 1.82) is 0 Å². The van der Waals surface area contributed by atoms with Crippen molar-refractivity contribution in [3.63, 3.8) is 0 Å². The summed E-state index contributed by atoms with van der Waals surface area (Å²) < 4.78 is 57.7. The second-order valence-corrected chi connectivity index (χ2v) is 7.01. The number of ether oxygens (including phenoxy) is 2. The van der Waals surface area contributed by atoms with Crippen LogP contribution in [0.5, 0.6) is 5.75 Å². The third-order valence-electron chi connectivity index (χ3n) is 4.24. The molecule has 1 heterocycles. The van der Waals surface area contributed by atoms with Crippen LogP contribution in [0.4, 0.5) is 17.6 Å². The highest BCUT2D eigenvalue weighted by atomic mass is 35.5. The zero-order chi connectivity index (χ0) is 22.1. The van der Waals surface area contributed by atoms with E-state index in [4.69, 9.17) is 16.3 Å². The summed E-state index contributed by atoms with van der Waals surface area (Å²) in [6.45, 7) is -0.422. The van der Waals surface area contributed by atoms with E-state index >= 15 is 0 Å². The maximum absolute atomic E-state index is 13.3. The van der Waals surface area contributed by atoms with Gasteiger partial charge in [0.05, 0.1) is 17.7 Å². The van der Waals surface area contributed by atoms with Gasteiger partial charge in [0.15, 0.2) is 6.61 Å².